The number of hydrogen-bond acceptors (Lipinski definition) is 4. The van der Waals surface area contributed by atoms with Crippen LogP contribution in [0.2, 0.25) is 0 Å². The summed E-state index contributed by atoms with van der Waals surface area (Å²) in [6.45, 7) is 3.90. The zero-order valence-electron chi connectivity index (χ0n) is 11.1. The van der Waals surface area contributed by atoms with Gasteiger partial charge < -0.3 is 10.6 Å². The number of rotatable bonds is 6. The van der Waals surface area contributed by atoms with E-state index in [1.807, 2.05) is 13.8 Å². The van der Waals surface area contributed by atoms with E-state index in [4.69, 9.17) is 0 Å². The maximum atomic E-state index is 13.3. The molecule has 0 spiro atoms. The number of amides is 1. The first-order chi connectivity index (χ1) is 9.31. The molecule has 0 aliphatic rings. The summed E-state index contributed by atoms with van der Waals surface area (Å²) in [5.74, 6) is -0.865. The Morgan fingerprint density at radius 1 is 1.50 bits per heavy atom. The second-order valence-electron chi connectivity index (χ2n) is 4.44. The van der Waals surface area contributed by atoms with E-state index in [1.165, 1.54) is 6.07 Å². The van der Waals surface area contributed by atoms with Gasteiger partial charge in [-0.25, -0.2) is 4.39 Å². The summed E-state index contributed by atoms with van der Waals surface area (Å²) in [5, 5.41) is 16.3. The van der Waals surface area contributed by atoms with Crippen LogP contribution in [0.15, 0.2) is 16.6 Å². The van der Waals surface area contributed by atoms with Crippen molar-refractivity contribution in [1.29, 1.82) is 0 Å². The molecule has 0 unspecified atom stereocenters. The Balaban J connectivity index is 2.70. The second-order valence-corrected chi connectivity index (χ2v) is 5.29. The van der Waals surface area contributed by atoms with E-state index in [0.717, 1.165) is 6.07 Å². The highest BCUT2D eigenvalue weighted by atomic mass is 79.9. The summed E-state index contributed by atoms with van der Waals surface area (Å²) in [7, 11) is 0. The molecule has 0 bridgehead atoms. The summed E-state index contributed by atoms with van der Waals surface area (Å²) in [5.41, 5.74) is -0.199. The van der Waals surface area contributed by atoms with Gasteiger partial charge in [-0.3, -0.25) is 14.9 Å². The van der Waals surface area contributed by atoms with Crippen molar-refractivity contribution in [2.24, 2.45) is 0 Å². The molecule has 1 aromatic carbocycles. The molecular formula is C12H15BrFN3O3. The Labute approximate surface area is 124 Å². The monoisotopic (exact) mass is 347 g/mol. The van der Waals surface area contributed by atoms with E-state index in [2.05, 4.69) is 26.6 Å². The molecule has 8 heteroatoms. The largest absolute Gasteiger partial charge is 0.379 e. The fourth-order valence-corrected chi connectivity index (χ4v) is 1.88. The quantitative estimate of drug-likeness (QED) is 0.612. The van der Waals surface area contributed by atoms with Crippen LogP contribution in [-0.4, -0.2) is 23.4 Å². The first-order valence-corrected chi connectivity index (χ1v) is 6.77. The van der Waals surface area contributed by atoms with Crippen LogP contribution in [0, 0.1) is 15.9 Å². The standard InChI is InChI=1S/C12H15BrFN3O3/c1-7(2)16-12(18)3-4-15-10-5-8(13)9(14)6-11(10)17(19)20/h5-7,15H,3-4H2,1-2H3,(H,16,18). The van der Waals surface area contributed by atoms with Gasteiger partial charge in [-0.15, -0.1) is 0 Å². The van der Waals surface area contributed by atoms with Crippen LogP contribution in [-0.2, 0) is 4.79 Å². The minimum Gasteiger partial charge on any atom is -0.379 e. The summed E-state index contributed by atoms with van der Waals surface area (Å²) in [6.07, 6.45) is 0.171. The van der Waals surface area contributed by atoms with E-state index < -0.39 is 10.7 Å². The van der Waals surface area contributed by atoms with E-state index >= 15 is 0 Å². The van der Waals surface area contributed by atoms with Gasteiger partial charge in [0.25, 0.3) is 5.69 Å². The van der Waals surface area contributed by atoms with Crippen molar-refractivity contribution in [2.45, 2.75) is 26.3 Å². The van der Waals surface area contributed by atoms with Crippen molar-refractivity contribution in [3.63, 3.8) is 0 Å². The lowest BCUT2D eigenvalue weighted by Crippen LogP contribution is -2.31. The first kappa shape index (κ1) is 16.4. The van der Waals surface area contributed by atoms with E-state index in [0.29, 0.717) is 0 Å². The zero-order chi connectivity index (χ0) is 15.3. The molecule has 0 radical (unpaired) electrons. The lowest BCUT2D eigenvalue weighted by atomic mass is 10.2. The average molecular weight is 348 g/mol. The second kappa shape index (κ2) is 7.18. The summed E-state index contributed by atoms with van der Waals surface area (Å²) in [4.78, 5) is 21.6. The molecule has 20 heavy (non-hydrogen) atoms. The molecule has 0 saturated carbocycles. The Hall–Kier alpha value is -1.70. The fourth-order valence-electron chi connectivity index (χ4n) is 1.53. The van der Waals surface area contributed by atoms with Gasteiger partial charge in [0, 0.05) is 19.0 Å². The van der Waals surface area contributed by atoms with Gasteiger partial charge in [0.15, 0.2) is 0 Å². The lowest BCUT2D eigenvalue weighted by molar-refractivity contribution is -0.384. The van der Waals surface area contributed by atoms with Crippen molar-refractivity contribution < 1.29 is 14.1 Å². The number of carbonyl (C=O) groups is 1. The third kappa shape index (κ3) is 4.76. The number of halogens is 2. The molecular weight excluding hydrogens is 333 g/mol. The Bertz CT molecular complexity index is 523. The van der Waals surface area contributed by atoms with Gasteiger partial charge in [0.05, 0.1) is 15.5 Å². The van der Waals surface area contributed by atoms with Crippen LogP contribution in [0.5, 0.6) is 0 Å². The number of anilines is 1. The predicted octanol–water partition coefficient (Wildman–Crippen LogP) is 2.82. The first-order valence-electron chi connectivity index (χ1n) is 5.98. The Morgan fingerprint density at radius 3 is 2.70 bits per heavy atom. The molecule has 0 saturated heterocycles. The summed E-state index contributed by atoms with van der Waals surface area (Å²) >= 11 is 2.97. The highest BCUT2D eigenvalue weighted by molar-refractivity contribution is 9.10. The molecule has 2 N–H and O–H groups in total. The van der Waals surface area contributed by atoms with Crippen molar-refractivity contribution in [2.75, 3.05) is 11.9 Å². The third-order valence-corrected chi connectivity index (χ3v) is 2.96. The Kier molecular flexibility index (Phi) is 5.87. The highest BCUT2D eigenvalue weighted by Gasteiger charge is 2.17. The maximum absolute atomic E-state index is 13.3. The highest BCUT2D eigenvalue weighted by Crippen LogP contribution is 2.30. The van der Waals surface area contributed by atoms with E-state index in [1.54, 1.807) is 0 Å². The van der Waals surface area contributed by atoms with Crippen LogP contribution < -0.4 is 10.6 Å². The number of carbonyl (C=O) groups excluding carboxylic acids is 1. The van der Waals surface area contributed by atoms with Gasteiger partial charge in [-0.2, -0.15) is 0 Å². The number of nitro benzene ring substituents is 1. The fraction of sp³-hybridized carbons (Fsp3) is 0.417. The van der Waals surface area contributed by atoms with Crippen molar-refractivity contribution in [3.8, 4) is 0 Å². The molecule has 0 aliphatic heterocycles. The van der Waals surface area contributed by atoms with Crippen LogP contribution in [0.1, 0.15) is 20.3 Å². The van der Waals surface area contributed by atoms with Crippen molar-refractivity contribution in [3.05, 3.63) is 32.5 Å². The molecule has 0 aliphatic carbocycles. The molecule has 0 heterocycles. The van der Waals surface area contributed by atoms with E-state index in [-0.39, 0.29) is 40.8 Å². The molecule has 0 atom stereocenters. The molecule has 0 aromatic heterocycles. The normalized spacial score (nSPS) is 10.4. The molecule has 0 fully saturated rings. The van der Waals surface area contributed by atoms with E-state index in [9.17, 15) is 19.3 Å². The third-order valence-electron chi connectivity index (χ3n) is 2.35. The topological polar surface area (TPSA) is 84.3 Å². The van der Waals surface area contributed by atoms with Gasteiger partial charge in [0.1, 0.15) is 11.5 Å². The molecule has 110 valence electrons. The predicted molar refractivity (Wildman–Crippen MR) is 77.1 cm³/mol. The van der Waals surface area contributed by atoms with Gasteiger partial charge >= 0.3 is 0 Å². The maximum Gasteiger partial charge on any atom is 0.295 e. The van der Waals surface area contributed by atoms with Crippen molar-refractivity contribution >= 4 is 33.2 Å². The van der Waals surface area contributed by atoms with Crippen LogP contribution in [0.4, 0.5) is 15.8 Å². The van der Waals surface area contributed by atoms with Gasteiger partial charge in [-0.05, 0) is 35.8 Å². The minimum atomic E-state index is -0.709. The Morgan fingerprint density at radius 2 is 2.15 bits per heavy atom. The number of nitro groups is 1. The van der Waals surface area contributed by atoms with Crippen molar-refractivity contribution in [1.82, 2.24) is 5.32 Å². The van der Waals surface area contributed by atoms with Gasteiger partial charge in [0.2, 0.25) is 5.91 Å². The zero-order valence-corrected chi connectivity index (χ0v) is 12.7. The molecule has 6 nitrogen and oxygen atoms in total. The molecule has 1 aromatic rings. The van der Waals surface area contributed by atoms with Crippen LogP contribution in [0.3, 0.4) is 0 Å². The van der Waals surface area contributed by atoms with Crippen LogP contribution >= 0.6 is 15.9 Å². The minimum absolute atomic E-state index is 0.0387. The smallest absolute Gasteiger partial charge is 0.295 e. The van der Waals surface area contributed by atoms with Gasteiger partial charge in [-0.1, -0.05) is 0 Å². The number of nitrogens with one attached hydrogen (secondary N) is 2. The molecule has 1 rings (SSSR count). The summed E-state index contributed by atoms with van der Waals surface area (Å²) < 4.78 is 13.4. The van der Waals surface area contributed by atoms with Crippen LogP contribution in [0.25, 0.3) is 0 Å². The lowest BCUT2D eigenvalue weighted by Gasteiger charge is -2.10. The molecule has 1 amide bonds. The number of benzene rings is 1. The number of hydrogen-bond donors (Lipinski definition) is 2. The average Bonchev–Trinajstić information content (AvgIpc) is 2.31. The number of nitrogens with zero attached hydrogens (tertiary/aromatic N) is 1. The SMILES string of the molecule is CC(C)NC(=O)CCNc1cc(Br)c(F)cc1[N+](=O)[O-]. The summed E-state index contributed by atoms with van der Waals surface area (Å²) in [6, 6.07) is 2.16.